The Morgan fingerprint density at radius 2 is 1.76 bits per heavy atom. The second-order valence-electron chi connectivity index (χ2n) is 13.6. The normalized spacial score (nSPS) is 23.0. The highest BCUT2D eigenvalue weighted by Gasteiger charge is 2.53. The lowest BCUT2D eigenvalue weighted by molar-refractivity contribution is -0.123. The van der Waals surface area contributed by atoms with Crippen LogP contribution in [0.4, 0.5) is 0 Å². The molecule has 0 amide bonds. The molecule has 13 heteroatoms. The average Bonchev–Trinajstić information content (AvgIpc) is 3.66. The van der Waals surface area contributed by atoms with Crippen molar-refractivity contribution in [2.24, 2.45) is 0 Å². The Kier molecular flexibility index (Phi) is 13.1. The number of likely N-dealkylation sites (tertiary alicyclic amines) is 1. The topological polar surface area (TPSA) is 135 Å². The molecular formula is C32H50BClN4O7. The van der Waals surface area contributed by atoms with E-state index in [-0.39, 0.29) is 24.7 Å². The molecule has 0 spiro atoms. The lowest BCUT2D eigenvalue weighted by atomic mass is 9.73. The summed E-state index contributed by atoms with van der Waals surface area (Å²) in [4.78, 5) is 19.3. The van der Waals surface area contributed by atoms with Crippen LogP contribution < -0.4 is 10.8 Å². The van der Waals surface area contributed by atoms with Crippen LogP contribution in [-0.2, 0) is 23.6 Å². The van der Waals surface area contributed by atoms with Gasteiger partial charge in [-0.2, -0.15) is 5.10 Å². The van der Waals surface area contributed by atoms with Crippen molar-refractivity contribution in [3.63, 3.8) is 0 Å². The smallest absolute Gasteiger partial charge is 0.483 e. The minimum absolute atomic E-state index is 0.0734. The van der Waals surface area contributed by atoms with E-state index < -0.39 is 18.3 Å². The summed E-state index contributed by atoms with van der Waals surface area (Å²) in [5.74, 6) is 0. The molecule has 0 saturated carbocycles. The predicted molar refractivity (Wildman–Crippen MR) is 178 cm³/mol. The van der Waals surface area contributed by atoms with Crippen molar-refractivity contribution < 1.29 is 33.8 Å². The fourth-order valence-electron chi connectivity index (χ4n) is 5.83. The molecule has 3 saturated heterocycles. The number of halogens is 1. The van der Waals surface area contributed by atoms with E-state index in [1.54, 1.807) is 0 Å². The van der Waals surface area contributed by atoms with E-state index in [1.807, 2.05) is 16.9 Å². The van der Waals surface area contributed by atoms with Crippen molar-refractivity contribution in [2.75, 3.05) is 26.2 Å². The number of ether oxygens (including phenoxy) is 1. The Morgan fingerprint density at radius 1 is 1.11 bits per heavy atom. The molecule has 3 N–H and O–H groups in total. The molecule has 250 valence electrons. The number of nitrogens with zero attached hydrogens (tertiary/aromatic N) is 3. The first kappa shape index (κ1) is 37.0. The zero-order chi connectivity index (χ0) is 33.4. The molecule has 5 rings (SSSR count). The predicted octanol–water partition coefficient (Wildman–Crippen LogP) is 4.96. The summed E-state index contributed by atoms with van der Waals surface area (Å²) < 4.78 is 21.1. The highest BCUT2D eigenvalue weighted by atomic mass is 35.5. The molecule has 1 aromatic carbocycles. The number of rotatable bonds is 7. The Labute approximate surface area is 272 Å². The van der Waals surface area contributed by atoms with Crippen LogP contribution in [0.15, 0.2) is 18.3 Å². The molecule has 3 aliphatic rings. The Morgan fingerprint density at radius 3 is 2.31 bits per heavy atom. The van der Waals surface area contributed by atoms with E-state index in [0.717, 1.165) is 73.9 Å². The molecule has 11 nitrogen and oxygen atoms in total. The number of hydrogen-bond donors (Lipinski definition) is 3. The molecule has 4 heterocycles. The Hall–Kier alpha value is -2.48. The maximum Gasteiger partial charge on any atom is 0.496 e. The van der Waals surface area contributed by atoms with Crippen molar-refractivity contribution >= 4 is 54.1 Å². The third-order valence-electron chi connectivity index (χ3n) is 9.02. The molecular weight excluding hydrogens is 599 g/mol. The second kappa shape index (κ2) is 15.9. The van der Waals surface area contributed by atoms with Crippen LogP contribution in [0, 0.1) is 0 Å². The van der Waals surface area contributed by atoms with E-state index in [4.69, 9.17) is 50.5 Å². The van der Waals surface area contributed by atoms with Gasteiger partial charge in [0.05, 0.1) is 22.9 Å². The zero-order valence-corrected chi connectivity index (χ0v) is 28.5. The molecule has 2 unspecified atom stereocenters. The SMILES string of the molecule is CC(C)(C)N1CCC(NCC/C=C\c2c(Cl)cc3c(cnn3C3CCCCO3)c2B2OC(C)(C)C(C)(C)O2)C1.O=CO.O=CO. The number of aromatic nitrogens is 2. The van der Waals surface area contributed by atoms with E-state index in [1.165, 1.54) is 6.42 Å². The van der Waals surface area contributed by atoms with E-state index >= 15 is 0 Å². The first-order valence-corrected chi connectivity index (χ1v) is 16.1. The summed E-state index contributed by atoms with van der Waals surface area (Å²) in [6.07, 6.45) is 11.5. The second-order valence-corrected chi connectivity index (χ2v) is 14.0. The Balaban J connectivity index is 0.000000853. The maximum atomic E-state index is 8.36. The summed E-state index contributed by atoms with van der Waals surface area (Å²) in [5, 5.41) is 24.0. The minimum Gasteiger partial charge on any atom is -0.483 e. The van der Waals surface area contributed by atoms with E-state index in [0.29, 0.717) is 11.1 Å². The van der Waals surface area contributed by atoms with Crippen LogP contribution in [0.2, 0.25) is 5.02 Å². The van der Waals surface area contributed by atoms with Crippen LogP contribution in [0.5, 0.6) is 0 Å². The molecule has 2 aromatic rings. The summed E-state index contributed by atoms with van der Waals surface area (Å²) in [6.45, 7) is 18.7. The molecule has 1 aromatic heterocycles. The van der Waals surface area contributed by atoms with Gasteiger partial charge in [-0.25, -0.2) is 4.68 Å². The summed E-state index contributed by atoms with van der Waals surface area (Å²) in [5.41, 5.74) is 2.15. The highest BCUT2D eigenvalue weighted by molar-refractivity contribution is 6.66. The van der Waals surface area contributed by atoms with Crippen LogP contribution in [0.25, 0.3) is 17.0 Å². The molecule has 0 aliphatic carbocycles. The van der Waals surface area contributed by atoms with E-state index in [2.05, 4.69) is 70.8 Å². The number of carbonyl (C=O) groups is 2. The van der Waals surface area contributed by atoms with Gasteiger partial charge in [-0.15, -0.1) is 0 Å². The average molecular weight is 649 g/mol. The van der Waals surface area contributed by atoms with Gasteiger partial charge in [-0.1, -0.05) is 23.8 Å². The monoisotopic (exact) mass is 648 g/mol. The minimum atomic E-state index is -0.541. The van der Waals surface area contributed by atoms with Gasteiger partial charge < -0.3 is 29.6 Å². The molecule has 3 fully saturated rings. The van der Waals surface area contributed by atoms with Gasteiger partial charge in [0.15, 0.2) is 6.23 Å². The van der Waals surface area contributed by atoms with Crippen LogP contribution in [0.1, 0.15) is 92.4 Å². The van der Waals surface area contributed by atoms with Crippen LogP contribution in [0.3, 0.4) is 0 Å². The summed E-state index contributed by atoms with van der Waals surface area (Å²) in [6, 6.07) is 2.57. The van der Waals surface area contributed by atoms with Crippen LogP contribution in [-0.4, -0.2) is 94.0 Å². The van der Waals surface area contributed by atoms with Crippen molar-refractivity contribution in [1.82, 2.24) is 20.0 Å². The number of nitrogens with one attached hydrogen (secondary N) is 1. The van der Waals surface area contributed by atoms with Gasteiger partial charge in [-0.3, -0.25) is 14.5 Å². The lowest BCUT2D eigenvalue weighted by Gasteiger charge is -2.32. The fourth-order valence-corrected chi connectivity index (χ4v) is 6.10. The molecule has 0 bridgehead atoms. The lowest BCUT2D eigenvalue weighted by Crippen LogP contribution is -2.42. The third kappa shape index (κ3) is 9.08. The van der Waals surface area contributed by atoms with Gasteiger partial charge in [0.25, 0.3) is 12.9 Å². The van der Waals surface area contributed by atoms with E-state index in [9.17, 15) is 0 Å². The van der Waals surface area contributed by atoms with Gasteiger partial charge >= 0.3 is 7.12 Å². The first-order valence-electron chi connectivity index (χ1n) is 15.7. The van der Waals surface area contributed by atoms with Gasteiger partial charge in [0.1, 0.15) is 0 Å². The maximum absolute atomic E-state index is 8.36. The quantitative estimate of drug-likeness (QED) is 0.215. The largest absolute Gasteiger partial charge is 0.496 e. The first-order chi connectivity index (χ1) is 21.2. The van der Waals surface area contributed by atoms with Crippen molar-refractivity contribution in [1.29, 1.82) is 0 Å². The number of hydrogen-bond acceptors (Lipinski definition) is 8. The Bertz CT molecular complexity index is 1280. The number of fused-ring (bicyclic) bond motifs is 1. The molecule has 0 radical (unpaired) electrons. The summed E-state index contributed by atoms with van der Waals surface area (Å²) in [7, 11) is -0.541. The molecule has 2 atom stereocenters. The van der Waals surface area contributed by atoms with Gasteiger partial charge in [0, 0.05) is 47.1 Å². The van der Waals surface area contributed by atoms with Crippen molar-refractivity contribution in [3.8, 4) is 0 Å². The summed E-state index contributed by atoms with van der Waals surface area (Å²) >= 11 is 7.01. The van der Waals surface area contributed by atoms with Crippen LogP contribution >= 0.6 is 11.6 Å². The fraction of sp³-hybridized carbons (Fsp3) is 0.656. The van der Waals surface area contributed by atoms with Crippen molar-refractivity contribution in [3.05, 3.63) is 28.9 Å². The zero-order valence-electron chi connectivity index (χ0n) is 27.7. The standard InChI is InChI=1S/C30H46BClN4O3.2CH2O2/c1-28(2,3)35-16-14-21(20-35)33-15-10-8-12-22-24(32)18-25-23(19-34-36(25)26-13-9-11-17-37-26)27(22)31-38-29(4,5)30(6,7)39-31;2*2-1-3/h8,12,18-19,21,26,33H,9-11,13-17,20H2,1-7H3;2*1H,(H,2,3)/b12-8-;;. The van der Waals surface area contributed by atoms with Gasteiger partial charge in [-0.05, 0) is 98.7 Å². The van der Waals surface area contributed by atoms with Crippen molar-refractivity contribution in [2.45, 2.75) is 110 Å². The number of carboxylic acid groups (broad SMARTS) is 2. The molecule has 3 aliphatic heterocycles. The number of benzene rings is 1. The third-order valence-corrected chi connectivity index (χ3v) is 9.33. The highest BCUT2D eigenvalue weighted by Crippen LogP contribution is 2.39. The molecule has 45 heavy (non-hydrogen) atoms. The van der Waals surface area contributed by atoms with Gasteiger partial charge in [0.2, 0.25) is 0 Å².